The molecule has 0 saturated carbocycles. The Kier molecular flexibility index (Phi) is 3.77. The first-order valence-electron chi connectivity index (χ1n) is 8.29. The SMILES string of the molecule is c1ccc(Cc2nnc(N3CCNCC3)c3c2CCC3)cc1. The fourth-order valence-electron chi connectivity index (χ4n) is 3.60. The van der Waals surface area contributed by atoms with Gasteiger partial charge in [0.25, 0.3) is 0 Å². The molecule has 0 atom stereocenters. The summed E-state index contributed by atoms with van der Waals surface area (Å²) in [5, 5.41) is 12.6. The highest BCUT2D eigenvalue weighted by molar-refractivity contribution is 5.54. The second kappa shape index (κ2) is 6.05. The Morgan fingerprint density at radius 3 is 2.55 bits per heavy atom. The summed E-state index contributed by atoms with van der Waals surface area (Å²) in [6.07, 6.45) is 4.46. The number of fused-ring (bicyclic) bond motifs is 1. The molecule has 1 aliphatic heterocycles. The summed E-state index contributed by atoms with van der Waals surface area (Å²) < 4.78 is 0. The molecule has 4 nitrogen and oxygen atoms in total. The Balaban J connectivity index is 1.66. The van der Waals surface area contributed by atoms with Crippen molar-refractivity contribution in [2.45, 2.75) is 25.7 Å². The van der Waals surface area contributed by atoms with Gasteiger partial charge in [-0.3, -0.25) is 0 Å². The standard InChI is InChI=1S/C18H22N4/c1-2-5-14(6-3-1)13-17-15-7-4-8-16(15)18(21-20-17)22-11-9-19-10-12-22/h1-3,5-6,19H,4,7-13H2. The molecule has 0 unspecified atom stereocenters. The second-order valence-corrected chi connectivity index (χ2v) is 6.18. The molecule has 0 spiro atoms. The maximum atomic E-state index is 4.62. The van der Waals surface area contributed by atoms with Crippen LogP contribution < -0.4 is 10.2 Å². The molecule has 1 aliphatic carbocycles. The maximum Gasteiger partial charge on any atom is 0.154 e. The van der Waals surface area contributed by atoms with E-state index in [4.69, 9.17) is 0 Å². The molecule has 4 rings (SSSR count). The molecule has 0 amide bonds. The van der Waals surface area contributed by atoms with Gasteiger partial charge in [0, 0.05) is 38.2 Å². The molecule has 0 radical (unpaired) electrons. The fraction of sp³-hybridized carbons (Fsp3) is 0.444. The summed E-state index contributed by atoms with van der Waals surface area (Å²) in [4.78, 5) is 2.40. The Morgan fingerprint density at radius 1 is 0.955 bits per heavy atom. The van der Waals surface area contributed by atoms with Gasteiger partial charge in [0.1, 0.15) is 0 Å². The van der Waals surface area contributed by atoms with Gasteiger partial charge in [0.2, 0.25) is 0 Å². The van der Waals surface area contributed by atoms with Crippen molar-refractivity contribution in [3.63, 3.8) is 0 Å². The number of aromatic nitrogens is 2. The van der Waals surface area contributed by atoms with Crippen LogP contribution in [0.1, 0.15) is 28.8 Å². The minimum Gasteiger partial charge on any atom is -0.352 e. The van der Waals surface area contributed by atoms with Crippen LogP contribution in [0.4, 0.5) is 5.82 Å². The van der Waals surface area contributed by atoms with Gasteiger partial charge in [0.15, 0.2) is 5.82 Å². The first kappa shape index (κ1) is 13.7. The van der Waals surface area contributed by atoms with E-state index in [0.29, 0.717) is 0 Å². The summed E-state index contributed by atoms with van der Waals surface area (Å²) in [6, 6.07) is 10.6. The Bertz CT molecular complexity index is 648. The van der Waals surface area contributed by atoms with E-state index in [9.17, 15) is 0 Å². The van der Waals surface area contributed by atoms with E-state index in [1.807, 2.05) is 0 Å². The van der Waals surface area contributed by atoms with E-state index < -0.39 is 0 Å². The van der Waals surface area contributed by atoms with Crippen molar-refractivity contribution in [3.8, 4) is 0 Å². The second-order valence-electron chi connectivity index (χ2n) is 6.18. The third-order valence-electron chi connectivity index (χ3n) is 4.73. The zero-order valence-corrected chi connectivity index (χ0v) is 12.9. The van der Waals surface area contributed by atoms with Crippen LogP contribution in [0.15, 0.2) is 30.3 Å². The lowest BCUT2D eigenvalue weighted by Gasteiger charge is -2.29. The summed E-state index contributed by atoms with van der Waals surface area (Å²) >= 11 is 0. The summed E-state index contributed by atoms with van der Waals surface area (Å²) in [5.74, 6) is 1.14. The van der Waals surface area contributed by atoms with Crippen molar-refractivity contribution in [2.75, 3.05) is 31.1 Å². The highest BCUT2D eigenvalue weighted by Crippen LogP contribution is 2.32. The normalized spacial score (nSPS) is 17.5. The molecule has 2 aromatic rings. The lowest BCUT2D eigenvalue weighted by molar-refractivity contribution is 0.580. The number of nitrogens with zero attached hydrogens (tertiary/aromatic N) is 3. The average Bonchev–Trinajstić information content (AvgIpc) is 3.07. The lowest BCUT2D eigenvalue weighted by atomic mass is 10.0. The Morgan fingerprint density at radius 2 is 1.73 bits per heavy atom. The molecular weight excluding hydrogens is 272 g/mol. The first-order chi connectivity index (χ1) is 10.9. The summed E-state index contributed by atoms with van der Waals surface area (Å²) in [7, 11) is 0. The molecule has 4 heteroatoms. The van der Waals surface area contributed by atoms with Gasteiger partial charge >= 0.3 is 0 Å². The van der Waals surface area contributed by atoms with Crippen LogP contribution in [0.3, 0.4) is 0 Å². The number of hydrogen-bond acceptors (Lipinski definition) is 4. The molecule has 2 aliphatic rings. The highest BCUT2D eigenvalue weighted by atomic mass is 15.3. The molecule has 0 bridgehead atoms. The molecular formula is C18H22N4. The zero-order valence-electron chi connectivity index (χ0n) is 12.9. The van der Waals surface area contributed by atoms with Crippen molar-refractivity contribution in [3.05, 3.63) is 52.7 Å². The van der Waals surface area contributed by atoms with E-state index in [-0.39, 0.29) is 0 Å². The number of piperazine rings is 1. The van der Waals surface area contributed by atoms with Gasteiger partial charge in [-0.25, -0.2) is 0 Å². The van der Waals surface area contributed by atoms with Gasteiger partial charge < -0.3 is 10.2 Å². The summed E-state index contributed by atoms with van der Waals surface area (Å²) in [6.45, 7) is 4.17. The number of hydrogen-bond donors (Lipinski definition) is 1. The van der Waals surface area contributed by atoms with Crippen LogP contribution in [-0.2, 0) is 19.3 Å². The van der Waals surface area contributed by atoms with Crippen molar-refractivity contribution >= 4 is 5.82 Å². The number of anilines is 1. The number of nitrogens with one attached hydrogen (secondary N) is 1. The Labute approximate surface area is 131 Å². The van der Waals surface area contributed by atoms with E-state index >= 15 is 0 Å². The molecule has 114 valence electrons. The number of rotatable bonds is 3. The van der Waals surface area contributed by atoms with Crippen LogP contribution in [0, 0.1) is 0 Å². The molecule has 1 saturated heterocycles. The average molecular weight is 294 g/mol. The van der Waals surface area contributed by atoms with E-state index in [1.54, 1.807) is 0 Å². The molecule has 1 aromatic heterocycles. The van der Waals surface area contributed by atoms with Crippen LogP contribution in [0.2, 0.25) is 0 Å². The number of benzene rings is 1. The van der Waals surface area contributed by atoms with Gasteiger partial charge in [0.05, 0.1) is 5.69 Å². The summed E-state index contributed by atoms with van der Waals surface area (Å²) in [5.41, 5.74) is 5.42. The minimum absolute atomic E-state index is 0.901. The smallest absolute Gasteiger partial charge is 0.154 e. The van der Waals surface area contributed by atoms with E-state index in [0.717, 1.165) is 51.3 Å². The highest BCUT2D eigenvalue weighted by Gasteiger charge is 2.24. The largest absolute Gasteiger partial charge is 0.352 e. The van der Waals surface area contributed by atoms with Crippen molar-refractivity contribution in [1.82, 2.24) is 15.5 Å². The first-order valence-corrected chi connectivity index (χ1v) is 8.29. The molecule has 22 heavy (non-hydrogen) atoms. The van der Waals surface area contributed by atoms with Crippen LogP contribution in [-0.4, -0.2) is 36.4 Å². The predicted octanol–water partition coefficient (Wildman–Crippen LogP) is 1.97. The van der Waals surface area contributed by atoms with Crippen LogP contribution >= 0.6 is 0 Å². The minimum atomic E-state index is 0.901. The van der Waals surface area contributed by atoms with Crippen molar-refractivity contribution in [2.24, 2.45) is 0 Å². The lowest BCUT2D eigenvalue weighted by Crippen LogP contribution is -2.44. The monoisotopic (exact) mass is 294 g/mol. The zero-order chi connectivity index (χ0) is 14.8. The van der Waals surface area contributed by atoms with Crippen molar-refractivity contribution < 1.29 is 0 Å². The molecule has 1 N–H and O–H groups in total. The van der Waals surface area contributed by atoms with Gasteiger partial charge in [-0.15, -0.1) is 5.10 Å². The quantitative estimate of drug-likeness (QED) is 0.939. The Hall–Kier alpha value is -1.94. The van der Waals surface area contributed by atoms with Gasteiger partial charge in [-0.05, 0) is 30.4 Å². The van der Waals surface area contributed by atoms with E-state index in [1.165, 1.54) is 28.8 Å². The molecule has 2 heterocycles. The topological polar surface area (TPSA) is 41.1 Å². The van der Waals surface area contributed by atoms with Gasteiger partial charge in [-0.1, -0.05) is 30.3 Å². The molecule has 1 fully saturated rings. The third kappa shape index (κ3) is 2.59. The van der Waals surface area contributed by atoms with Crippen LogP contribution in [0.25, 0.3) is 0 Å². The van der Waals surface area contributed by atoms with Crippen molar-refractivity contribution in [1.29, 1.82) is 0 Å². The fourth-order valence-corrected chi connectivity index (χ4v) is 3.60. The van der Waals surface area contributed by atoms with E-state index in [2.05, 4.69) is 50.7 Å². The van der Waals surface area contributed by atoms with Crippen LogP contribution in [0.5, 0.6) is 0 Å². The predicted molar refractivity (Wildman–Crippen MR) is 88.4 cm³/mol. The maximum absolute atomic E-state index is 4.62. The third-order valence-corrected chi connectivity index (χ3v) is 4.73. The van der Waals surface area contributed by atoms with Gasteiger partial charge in [-0.2, -0.15) is 5.10 Å². The molecule has 1 aromatic carbocycles.